The number of ether oxygens (including phenoxy) is 2. The molecule has 3 atom stereocenters. The van der Waals surface area contributed by atoms with Gasteiger partial charge in [0.2, 0.25) is 0 Å². The second kappa shape index (κ2) is 7.39. The molecule has 0 aliphatic carbocycles. The third kappa shape index (κ3) is 3.54. The molecule has 0 saturated heterocycles. The van der Waals surface area contributed by atoms with Crippen molar-refractivity contribution in [2.45, 2.75) is 32.0 Å². The van der Waals surface area contributed by atoms with Crippen molar-refractivity contribution in [3.8, 4) is 0 Å². The van der Waals surface area contributed by atoms with Crippen LogP contribution in [0.3, 0.4) is 0 Å². The van der Waals surface area contributed by atoms with Gasteiger partial charge in [0.15, 0.2) is 0 Å². The second-order valence-electron chi connectivity index (χ2n) is 6.07. The van der Waals surface area contributed by atoms with Crippen LogP contribution in [0.1, 0.15) is 30.9 Å². The maximum Gasteiger partial charge on any atom is 0.416 e. The van der Waals surface area contributed by atoms with Gasteiger partial charge in [-0.1, -0.05) is 18.2 Å². The molecule has 0 spiro atoms. The van der Waals surface area contributed by atoms with Gasteiger partial charge in [0.25, 0.3) is 0 Å². The van der Waals surface area contributed by atoms with Crippen molar-refractivity contribution in [1.82, 2.24) is 5.32 Å². The molecule has 1 aromatic rings. The summed E-state index contributed by atoms with van der Waals surface area (Å²) < 4.78 is 50.2. The van der Waals surface area contributed by atoms with E-state index in [9.17, 15) is 22.8 Å². The van der Waals surface area contributed by atoms with E-state index in [4.69, 9.17) is 9.47 Å². The number of halogens is 3. The van der Waals surface area contributed by atoms with Crippen molar-refractivity contribution in [1.29, 1.82) is 0 Å². The van der Waals surface area contributed by atoms with E-state index in [0.717, 1.165) is 20.3 Å². The smallest absolute Gasteiger partial charge is 0.416 e. The monoisotopic (exact) mass is 371 g/mol. The first-order valence-corrected chi connectivity index (χ1v) is 7.93. The topological polar surface area (TPSA) is 64.6 Å². The van der Waals surface area contributed by atoms with Gasteiger partial charge in [-0.3, -0.25) is 4.79 Å². The Morgan fingerprint density at radius 3 is 2.27 bits per heavy atom. The Labute approximate surface area is 149 Å². The number of hydrogen-bond acceptors (Lipinski definition) is 5. The molecule has 5 nitrogen and oxygen atoms in total. The summed E-state index contributed by atoms with van der Waals surface area (Å²) >= 11 is 0. The number of rotatable bonds is 3. The Bertz CT molecular complexity index is 742. The maximum absolute atomic E-state index is 13.6. The van der Waals surface area contributed by atoms with Crippen molar-refractivity contribution >= 4 is 11.9 Å². The fourth-order valence-electron chi connectivity index (χ4n) is 3.45. The van der Waals surface area contributed by atoms with Gasteiger partial charge in [-0.25, -0.2) is 4.79 Å². The highest BCUT2D eigenvalue weighted by atomic mass is 19.4. The molecule has 1 N–H and O–H groups in total. The van der Waals surface area contributed by atoms with Crippen molar-refractivity contribution in [2.75, 3.05) is 14.2 Å². The summed E-state index contributed by atoms with van der Waals surface area (Å²) in [5.41, 5.74) is -0.713. The van der Waals surface area contributed by atoms with Crippen LogP contribution in [0.15, 0.2) is 35.5 Å². The molecule has 0 amide bonds. The highest BCUT2D eigenvalue weighted by Gasteiger charge is 2.47. The minimum atomic E-state index is -4.64. The summed E-state index contributed by atoms with van der Waals surface area (Å²) in [4.78, 5) is 24.7. The van der Waals surface area contributed by atoms with Crippen LogP contribution in [0, 0.1) is 5.92 Å². The van der Waals surface area contributed by atoms with Gasteiger partial charge in [0.1, 0.15) is 0 Å². The molecule has 8 heteroatoms. The van der Waals surface area contributed by atoms with Gasteiger partial charge in [0, 0.05) is 17.7 Å². The van der Waals surface area contributed by atoms with E-state index in [-0.39, 0.29) is 11.1 Å². The van der Waals surface area contributed by atoms with Gasteiger partial charge in [-0.2, -0.15) is 13.2 Å². The molecule has 2 rings (SSSR count). The summed E-state index contributed by atoms with van der Waals surface area (Å²) in [5.74, 6) is -3.68. The first-order chi connectivity index (χ1) is 12.1. The molecule has 0 unspecified atom stereocenters. The molecule has 0 bridgehead atoms. The Hall–Kier alpha value is -2.51. The quantitative estimate of drug-likeness (QED) is 0.828. The zero-order chi connectivity index (χ0) is 19.6. The summed E-state index contributed by atoms with van der Waals surface area (Å²) in [6.45, 7) is 3.22. The van der Waals surface area contributed by atoms with Gasteiger partial charge in [-0.15, -0.1) is 0 Å². The van der Waals surface area contributed by atoms with Crippen LogP contribution < -0.4 is 5.32 Å². The molecular formula is C18H20F3NO4. The van der Waals surface area contributed by atoms with Crippen molar-refractivity contribution in [2.24, 2.45) is 5.92 Å². The predicted molar refractivity (Wildman–Crippen MR) is 87.0 cm³/mol. The minimum absolute atomic E-state index is 0.0160. The summed E-state index contributed by atoms with van der Waals surface area (Å²) in [7, 11) is 2.30. The average molecular weight is 371 g/mol. The minimum Gasteiger partial charge on any atom is -0.469 e. The van der Waals surface area contributed by atoms with E-state index in [1.54, 1.807) is 13.8 Å². The lowest BCUT2D eigenvalue weighted by Gasteiger charge is -2.38. The lowest BCUT2D eigenvalue weighted by Crippen LogP contribution is -2.47. The molecule has 0 radical (unpaired) electrons. The molecule has 0 fully saturated rings. The molecule has 0 saturated carbocycles. The Morgan fingerprint density at radius 1 is 1.12 bits per heavy atom. The van der Waals surface area contributed by atoms with Gasteiger partial charge >= 0.3 is 18.1 Å². The van der Waals surface area contributed by atoms with E-state index in [0.29, 0.717) is 5.70 Å². The summed E-state index contributed by atoms with van der Waals surface area (Å²) in [6.07, 6.45) is -4.64. The molecule has 1 aromatic carbocycles. The number of methoxy groups -OCH3 is 2. The summed E-state index contributed by atoms with van der Waals surface area (Å²) in [6, 6.07) is 4.37. The average Bonchev–Trinajstić information content (AvgIpc) is 2.59. The number of carbonyl (C=O) groups excluding carboxylic acids is 2. The molecule has 142 valence electrons. The Kier molecular flexibility index (Phi) is 5.63. The molecule has 0 aromatic heterocycles. The highest BCUT2D eigenvalue weighted by molar-refractivity contribution is 5.93. The van der Waals surface area contributed by atoms with E-state index < -0.39 is 41.6 Å². The van der Waals surface area contributed by atoms with Crippen molar-refractivity contribution in [3.05, 3.63) is 46.7 Å². The highest BCUT2D eigenvalue weighted by Crippen LogP contribution is 2.44. The Morgan fingerprint density at radius 2 is 1.73 bits per heavy atom. The van der Waals surface area contributed by atoms with Crippen LogP contribution in [0.25, 0.3) is 0 Å². The van der Waals surface area contributed by atoms with Crippen LogP contribution in [0.5, 0.6) is 0 Å². The fraction of sp³-hybridized carbons (Fsp3) is 0.444. The number of alkyl halides is 3. The number of benzene rings is 1. The molecule has 1 aliphatic heterocycles. The first kappa shape index (κ1) is 19.8. The van der Waals surface area contributed by atoms with Crippen LogP contribution in [-0.2, 0) is 25.2 Å². The van der Waals surface area contributed by atoms with Gasteiger partial charge in [0.05, 0.1) is 31.3 Å². The maximum atomic E-state index is 13.6. The van der Waals surface area contributed by atoms with E-state index in [1.807, 2.05) is 0 Å². The van der Waals surface area contributed by atoms with Gasteiger partial charge < -0.3 is 14.8 Å². The second-order valence-corrected chi connectivity index (χ2v) is 6.07. The van der Waals surface area contributed by atoms with Crippen LogP contribution in [0.4, 0.5) is 13.2 Å². The van der Waals surface area contributed by atoms with Crippen molar-refractivity contribution in [3.63, 3.8) is 0 Å². The number of hydrogen-bond donors (Lipinski definition) is 1. The molecular weight excluding hydrogens is 351 g/mol. The number of carbonyl (C=O) groups is 2. The van der Waals surface area contributed by atoms with Crippen LogP contribution in [-0.4, -0.2) is 32.2 Å². The van der Waals surface area contributed by atoms with Gasteiger partial charge in [-0.05, 0) is 25.5 Å². The fourth-order valence-corrected chi connectivity index (χ4v) is 3.45. The van der Waals surface area contributed by atoms with E-state index in [2.05, 4.69) is 5.32 Å². The molecule has 1 aliphatic rings. The largest absolute Gasteiger partial charge is 0.469 e. The number of esters is 2. The lowest BCUT2D eigenvalue weighted by atomic mass is 9.72. The normalized spacial score (nSPS) is 23.3. The summed E-state index contributed by atoms with van der Waals surface area (Å²) in [5, 5.41) is 2.96. The molecule has 26 heavy (non-hydrogen) atoms. The Balaban J connectivity index is 2.78. The lowest BCUT2D eigenvalue weighted by molar-refractivity contribution is -0.149. The van der Waals surface area contributed by atoms with E-state index in [1.165, 1.54) is 18.2 Å². The van der Waals surface area contributed by atoms with Crippen LogP contribution >= 0.6 is 0 Å². The third-order valence-electron chi connectivity index (χ3n) is 4.54. The standard InChI is InChI=1S/C18H20F3NO4/c1-9-13(16(23)25-3)15(14(10(2)22-9)17(24)26-4)11-7-5-6-8-12(11)18(19,20)21/h5-9,13,15,22H,1-4H3/t9-,13-,15+/m1/s1. The zero-order valence-corrected chi connectivity index (χ0v) is 14.8. The third-order valence-corrected chi connectivity index (χ3v) is 4.54. The predicted octanol–water partition coefficient (Wildman–Crippen LogP) is 3.02. The zero-order valence-electron chi connectivity index (χ0n) is 14.8. The first-order valence-electron chi connectivity index (χ1n) is 7.93. The molecule has 1 heterocycles. The SMILES string of the molecule is COC(=O)C1=C(C)N[C@H](C)[C@@H](C(=O)OC)[C@@H]1c1ccccc1C(F)(F)F. The number of nitrogens with one attached hydrogen (secondary N) is 1. The van der Waals surface area contributed by atoms with Crippen molar-refractivity contribution < 1.29 is 32.2 Å². The number of allylic oxidation sites excluding steroid dienone is 1. The van der Waals surface area contributed by atoms with Crippen LogP contribution in [0.2, 0.25) is 0 Å². The van der Waals surface area contributed by atoms with E-state index >= 15 is 0 Å².